The van der Waals surface area contributed by atoms with Crippen LogP contribution in [-0.4, -0.2) is 17.2 Å². The van der Waals surface area contributed by atoms with Crippen LogP contribution in [0.5, 0.6) is 0 Å². The molecule has 2 amide bonds. The highest BCUT2D eigenvalue weighted by atomic mass is 19.1. The molecule has 2 rings (SSSR count). The summed E-state index contributed by atoms with van der Waals surface area (Å²) in [6.45, 7) is 3.36. The van der Waals surface area contributed by atoms with Crippen molar-refractivity contribution in [2.45, 2.75) is 32.4 Å². The molecule has 0 aliphatic heterocycles. The van der Waals surface area contributed by atoms with Crippen molar-refractivity contribution in [1.82, 2.24) is 5.32 Å². The molecule has 2 aromatic rings. The van der Waals surface area contributed by atoms with Crippen LogP contribution >= 0.6 is 0 Å². The second-order valence-electron chi connectivity index (χ2n) is 5.18. The molecule has 0 saturated carbocycles. The van der Waals surface area contributed by atoms with E-state index < -0.39 is 12.1 Å². The van der Waals surface area contributed by atoms with E-state index in [0.717, 1.165) is 0 Å². The van der Waals surface area contributed by atoms with Crippen LogP contribution in [0.3, 0.4) is 0 Å². The number of amides is 2. The summed E-state index contributed by atoms with van der Waals surface area (Å²) >= 11 is 0. The van der Waals surface area contributed by atoms with Gasteiger partial charge in [0.25, 0.3) is 0 Å². The first-order valence-corrected chi connectivity index (χ1v) is 7.01. The molecule has 0 radical (unpaired) electrons. The van der Waals surface area contributed by atoms with Gasteiger partial charge in [-0.25, -0.2) is 9.18 Å². The molecule has 2 unspecified atom stereocenters. The maximum atomic E-state index is 13.4. The summed E-state index contributed by atoms with van der Waals surface area (Å²) in [5.74, 6) is 0.0779. The third kappa shape index (κ3) is 4.08. The first kappa shape index (κ1) is 16.0. The highest BCUT2D eigenvalue weighted by Gasteiger charge is 2.16. The number of benzene rings is 1. The molecule has 0 spiro atoms. The van der Waals surface area contributed by atoms with Gasteiger partial charge < -0.3 is 20.2 Å². The first-order valence-electron chi connectivity index (χ1n) is 7.01. The number of nitrogens with one attached hydrogen (secondary N) is 2. The standard InChI is InChI=1S/C16H19FN2O3/c1-10(9-14(20)15-7-4-8-22-15)18-16(21)19-13-6-3-5-12(17)11(13)2/h3-8,10,14,20H,9H2,1-2H3,(H2,18,19,21). The monoisotopic (exact) mass is 306 g/mol. The zero-order chi connectivity index (χ0) is 16.1. The maximum Gasteiger partial charge on any atom is 0.319 e. The molecule has 1 aromatic heterocycles. The van der Waals surface area contributed by atoms with Crippen LogP contribution in [0.2, 0.25) is 0 Å². The van der Waals surface area contributed by atoms with E-state index in [2.05, 4.69) is 10.6 Å². The van der Waals surface area contributed by atoms with E-state index >= 15 is 0 Å². The van der Waals surface area contributed by atoms with Crippen molar-refractivity contribution >= 4 is 11.7 Å². The average Bonchev–Trinajstić information content (AvgIpc) is 2.97. The number of furan rings is 1. The third-order valence-corrected chi connectivity index (χ3v) is 3.34. The number of urea groups is 1. The quantitative estimate of drug-likeness (QED) is 0.793. The van der Waals surface area contributed by atoms with Crippen molar-refractivity contribution in [3.8, 4) is 0 Å². The highest BCUT2D eigenvalue weighted by molar-refractivity contribution is 5.90. The van der Waals surface area contributed by atoms with Gasteiger partial charge in [-0.05, 0) is 38.1 Å². The summed E-state index contributed by atoms with van der Waals surface area (Å²) in [4.78, 5) is 11.9. The van der Waals surface area contributed by atoms with Gasteiger partial charge in [0.1, 0.15) is 17.7 Å². The van der Waals surface area contributed by atoms with E-state index in [9.17, 15) is 14.3 Å². The average molecular weight is 306 g/mol. The molecule has 0 fully saturated rings. The van der Waals surface area contributed by atoms with E-state index in [1.807, 2.05) is 0 Å². The van der Waals surface area contributed by atoms with E-state index in [0.29, 0.717) is 23.4 Å². The molecule has 0 aliphatic rings. The van der Waals surface area contributed by atoms with E-state index in [-0.39, 0.29) is 11.9 Å². The van der Waals surface area contributed by atoms with Crippen molar-refractivity contribution in [3.63, 3.8) is 0 Å². The zero-order valence-corrected chi connectivity index (χ0v) is 12.5. The van der Waals surface area contributed by atoms with Crippen LogP contribution in [0.15, 0.2) is 41.0 Å². The van der Waals surface area contributed by atoms with E-state index in [1.165, 1.54) is 18.4 Å². The molecule has 1 aromatic carbocycles. The molecule has 118 valence electrons. The first-order chi connectivity index (χ1) is 10.5. The molecule has 1 heterocycles. The smallest absolute Gasteiger partial charge is 0.319 e. The molecule has 5 nitrogen and oxygen atoms in total. The number of anilines is 1. The van der Waals surface area contributed by atoms with Crippen molar-refractivity contribution in [1.29, 1.82) is 0 Å². The number of hydrogen-bond donors (Lipinski definition) is 3. The minimum Gasteiger partial charge on any atom is -0.467 e. The van der Waals surface area contributed by atoms with Crippen LogP contribution < -0.4 is 10.6 Å². The van der Waals surface area contributed by atoms with Crippen molar-refractivity contribution < 1.29 is 18.7 Å². The summed E-state index contributed by atoms with van der Waals surface area (Å²) in [7, 11) is 0. The fourth-order valence-corrected chi connectivity index (χ4v) is 2.12. The van der Waals surface area contributed by atoms with Gasteiger partial charge in [0, 0.05) is 23.7 Å². The summed E-state index contributed by atoms with van der Waals surface area (Å²) in [6, 6.07) is 7.12. The molecule has 0 saturated heterocycles. The Morgan fingerprint density at radius 3 is 2.82 bits per heavy atom. The Labute approximate surface area is 128 Å². The minimum atomic E-state index is -0.791. The van der Waals surface area contributed by atoms with Gasteiger partial charge in [0.2, 0.25) is 0 Å². The fraction of sp³-hybridized carbons (Fsp3) is 0.312. The Bertz CT molecular complexity index is 628. The van der Waals surface area contributed by atoms with Gasteiger partial charge >= 0.3 is 6.03 Å². The minimum absolute atomic E-state index is 0.283. The second-order valence-corrected chi connectivity index (χ2v) is 5.18. The summed E-state index contributed by atoms with van der Waals surface area (Å²) in [6.07, 6.45) is 1.00. The number of carbonyl (C=O) groups is 1. The predicted octanol–water partition coefficient (Wildman–Crippen LogP) is 3.36. The van der Waals surface area contributed by atoms with Gasteiger partial charge in [0.15, 0.2) is 0 Å². The van der Waals surface area contributed by atoms with Crippen LogP contribution in [0.25, 0.3) is 0 Å². The topological polar surface area (TPSA) is 74.5 Å². The SMILES string of the molecule is Cc1c(F)cccc1NC(=O)NC(C)CC(O)c1ccco1. The van der Waals surface area contributed by atoms with Crippen molar-refractivity contribution in [2.24, 2.45) is 0 Å². The lowest BCUT2D eigenvalue weighted by Crippen LogP contribution is -2.37. The maximum absolute atomic E-state index is 13.4. The summed E-state index contributed by atoms with van der Waals surface area (Å²) in [5.41, 5.74) is 0.789. The molecular weight excluding hydrogens is 287 g/mol. The molecule has 0 bridgehead atoms. The Morgan fingerprint density at radius 1 is 1.36 bits per heavy atom. The van der Waals surface area contributed by atoms with Gasteiger partial charge in [-0.1, -0.05) is 6.07 Å². The van der Waals surface area contributed by atoms with E-state index in [1.54, 1.807) is 32.0 Å². The third-order valence-electron chi connectivity index (χ3n) is 3.34. The van der Waals surface area contributed by atoms with Crippen molar-refractivity contribution in [3.05, 3.63) is 53.7 Å². The lowest BCUT2D eigenvalue weighted by Gasteiger charge is -2.17. The molecule has 2 atom stereocenters. The van der Waals surface area contributed by atoms with Gasteiger partial charge in [-0.3, -0.25) is 0 Å². The zero-order valence-electron chi connectivity index (χ0n) is 12.5. The normalized spacial score (nSPS) is 13.5. The van der Waals surface area contributed by atoms with Crippen LogP contribution in [0.1, 0.15) is 30.8 Å². The van der Waals surface area contributed by atoms with Crippen molar-refractivity contribution in [2.75, 3.05) is 5.32 Å². The fourth-order valence-electron chi connectivity index (χ4n) is 2.12. The number of halogens is 1. The molecular formula is C16H19FN2O3. The number of hydrogen-bond acceptors (Lipinski definition) is 3. The second kappa shape index (κ2) is 7.09. The van der Waals surface area contributed by atoms with Crippen LogP contribution in [-0.2, 0) is 0 Å². The van der Waals surface area contributed by atoms with Crippen LogP contribution in [0.4, 0.5) is 14.9 Å². The summed E-state index contributed by atoms with van der Waals surface area (Å²) < 4.78 is 18.5. The summed E-state index contributed by atoms with van der Waals surface area (Å²) in [5, 5.41) is 15.2. The number of carbonyl (C=O) groups excluding carboxylic acids is 1. The molecule has 0 aliphatic carbocycles. The predicted molar refractivity (Wildman–Crippen MR) is 81.0 cm³/mol. The van der Waals surface area contributed by atoms with Gasteiger partial charge in [0.05, 0.1) is 6.26 Å². The number of aliphatic hydroxyl groups is 1. The molecule has 22 heavy (non-hydrogen) atoms. The lowest BCUT2D eigenvalue weighted by molar-refractivity contribution is 0.130. The Kier molecular flexibility index (Phi) is 5.16. The number of rotatable bonds is 5. The Balaban J connectivity index is 1.87. The van der Waals surface area contributed by atoms with Gasteiger partial charge in [-0.2, -0.15) is 0 Å². The van der Waals surface area contributed by atoms with Crippen LogP contribution in [0, 0.1) is 12.7 Å². The van der Waals surface area contributed by atoms with E-state index in [4.69, 9.17) is 4.42 Å². The molecule has 6 heteroatoms. The largest absolute Gasteiger partial charge is 0.467 e. The number of aliphatic hydroxyl groups excluding tert-OH is 1. The van der Waals surface area contributed by atoms with Gasteiger partial charge in [-0.15, -0.1) is 0 Å². The molecule has 3 N–H and O–H groups in total. The highest BCUT2D eigenvalue weighted by Crippen LogP contribution is 2.19. The Morgan fingerprint density at radius 2 is 2.14 bits per heavy atom. The lowest BCUT2D eigenvalue weighted by atomic mass is 10.1. The Hall–Kier alpha value is -2.34.